The molecule has 0 bridgehead atoms. The smallest absolute Gasteiger partial charge is 0.0336 e. The Hall–Kier alpha value is -0.0800. The minimum absolute atomic E-state index is 0.263. The molecule has 0 radical (unpaired) electrons. The molecule has 2 N–H and O–H groups in total. The van der Waals surface area contributed by atoms with Gasteiger partial charge < -0.3 is 5.73 Å². The van der Waals surface area contributed by atoms with Crippen molar-refractivity contribution in [2.75, 3.05) is 13.6 Å². The number of hydrogen-bond acceptors (Lipinski definition) is 2. The van der Waals surface area contributed by atoms with Crippen molar-refractivity contribution in [3.8, 4) is 0 Å². The predicted molar refractivity (Wildman–Crippen MR) is 66.9 cm³/mol. The van der Waals surface area contributed by atoms with Crippen molar-refractivity contribution >= 4 is 0 Å². The summed E-state index contributed by atoms with van der Waals surface area (Å²) in [7, 11) is 2.25. The molecule has 0 aliphatic heterocycles. The van der Waals surface area contributed by atoms with E-state index in [2.05, 4.69) is 39.6 Å². The molecule has 0 aromatic carbocycles. The molecule has 0 saturated heterocycles. The van der Waals surface area contributed by atoms with Gasteiger partial charge in [-0.2, -0.15) is 0 Å². The average Bonchev–Trinajstić information content (AvgIpc) is 2.53. The van der Waals surface area contributed by atoms with E-state index < -0.39 is 0 Å². The van der Waals surface area contributed by atoms with E-state index in [9.17, 15) is 0 Å². The minimum atomic E-state index is 0.263. The van der Waals surface area contributed by atoms with Gasteiger partial charge in [-0.05, 0) is 45.1 Å². The zero-order valence-electron chi connectivity index (χ0n) is 11.1. The van der Waals surface area contributed by atoms with Gasteiger partial charge in [-0.1, -0.05) is 20.8 Å². The van der Waals surface area contributed by atoms with Crippen LogP contribution in [0.3, 0.4) is 0 Å². The van der Waals surface area contributed by atoms with Crippen molar-refractivity contribution in [2.24, 2.45) is 11.1 Å². The number of rotatable bonds is 4. The fourth-order valence-corrected chi connectivity index (χ4v) is 3.00. The number of nitrogens with zero attached hydrogens (tertiary/aromatic N) is 1. The molecule has 1 saturated carbocycles. The van der Waals surface area contributed by atoms with Crippen LogP contribution in [0.2, 0.25) is 0 Å². The number of likely N-dealkylation sites (N-methyl/N-ethyl adjacent to an activating group) is 1. The van der Waals surface area contributed by atoms with Gasteiger partial charge >= 0.3 is 0 Å². The first-order chi connectivity index (χ1) is 6.87. The first-order valence-corrected chi connectivity index (χ1v) is 6.30. The van der Waals surface area contributed by atoms with E-state index in [4.69, 9.17) is 5.73 Å². The first kappa shape index (κ1) is 13.0. The van der Waals surface area contributed by atoms with E-state index >= 15 is 0 Å². The van der Waals surface area contributed by atoms with Crippen LogP contribution in [0.25, 0.3) is 0 Å². The highest BCUT2D eigenvalue weighted by atomic mass is 15.2. The van der Waals surface area contributed by atoms with Gasteiger partial charge in [0.1, 0.15) is 0 Å². The summed E-state index contributed by atoms with van der Waals surface area (Å²) in [4.78, 5) is 2.53. The Morgan fingerprint density at radius 2 is 1.93 bits per heavy atom. The van der Waals surface area contributed by atoms with Crippen LogP contribution in [-0.4, -0.2) is 30.1 Å². The summed E-state index contributed by atoms with van der Waals surface area (Å²) >= 11 is 0. The largest absolute Gasteiger partial charge is 0.329 e. The van der Waals surface area contributed by atoms with E-state index in [1.54, 1.807) is 0 Å². The second-order valence-electron chi connectivity index (χ2n) is 6.14. The van der Waals surface area contributed by atoms with Crippen LogP contribution < -0.4 is 5.73 Å². The predicted octanol–water partition coefficient (Wildman–Crippen LogP) is 2.62. The van der Waals surface area contributed by atoms with Crippen LogP contribution in [-0.2, 0) is 0 Å². The van der Waals surface area contributed by atoms with Crippen LogP contribution in [0.4, 0.5) is 0 Å². The van der Waals surface area contributed by atoms with Crippen LogP contribution in [0.1, 0.15) is 53.4 Å². The van der Waals surface area contributed by atoms with E-state index in [1.807, 2.05) is 0 Å². The second-order valence-corrected chi connectivity index (χ2v) is 6.14. The molecule has 0 spiro atoms. The molecule has 1 aliphatic rings. The third kappa shape index (κ3) is 2.54. The minimum Gasteiger partial charge on any atom is -0.329 e. The number of nitrogens with two attached hydrogens (primary N) is 1. The summed E-state index contributed by atoms with van der Waals surface area (Å²) in [5.41, 5.74) is 6.78. The van der Waals surface area contributed by atoms with Crippen LogP contribution in [0.15, 0.2) is 0 Å². The Kier molecular flexibility index (Phi) is 3.83. The molecular weight excluding hydrogens is 184 g/mol. The van der Waals surface area contributed by atoms with E-state index in [-0.39, 0.29) is 5.54 Å². The lowest BCUT2D eigenvalue weighted by molar-refractivity contribution is 0.0781. The molecule has 1 rings (SSSR count). The van der Waals surface area contributed by atoms with Crippen molar-refractivity contribution in [1.29, 1.82) is 0 Å². The molecule has 1 aliphatic carbocycles. The van der Waals surface area contributed by atoms with Gasteiger partial charge in [0.15, 0.2) is 0 Å². The third-order valence-electron chi connectivity index (χ3n) is 4.45. The maximum atomic E-state index is 6.04. The molecule has 0 aromatic heterocycles. The van der Waals surface area contributed by atoms with E-state index in [0.29, 0.717) is 11.5 Å². The SMILES string of the molecule is CCC(C)N(C)C1(CN)CCC(C)(C)C1. The van der Waals surface area contributed by atoms with Crippen LogP contribution >= 0.6 is 0 Å². The average molecular weight is 212 g/mol. The van der Waals surface area contributed by atoms with Crippen LogP contribution in [0.5, 0.6) is 0 Å². The maximum Gasteiger partial charge on any atom is 0.0336 e. The van der Waals surface area contributed by atoms with Crippen molar-refractivity contribution in [2.45, 2.75) is 65.0 Å². The highest BCUT2D eigenvalue weighted by Gasteiger charge is 2.45. The standard InChI is InChI=1S/C13H28N2/c1-6-11(2)15(5)13(10-14)8-7-12(3,4)9-13/h11H,6-10,14H2,1-5H3. The Labute approximate surface area is 95.2 Å². The summed E-state index contributed by atoms with van der Waals surface area (Å²) in [6.45, 7) is 10.1. The highest BCUT2D eigenvalue weighted by Crippen LogP contribution is 2.46. The Bertz CT molecular complexity index is 213. The topological polar surface area (TPSA) is 29.3 Å². The molecule has 0 amide bonds. The lowest BCUT2D eigenvalue weighted by Gasteiger charge is -2.42. The molecule has 1 fully saturated rings. The summed E-state index contributed by atoms with van der Waals surface area (Å²) < 4.78 is 0. The van der Waals surface area contributed by atoms with Gasteiger partial charge in [-0.25, -0.2) is 0 Å². The summed E-state index contributed by atoms with van der Waals surface area (Å²) in [6.07, 6.45) is 5.03. The Balaban J connectivity index is 2.78. The van der Waals surface area contributed by atoms with Crippen molar-refractivity contribution in [3.63, 3.8) is 0 Å². The summed E-state index contributed by atoms with van der Waals surface area (Å²) in [6, 6.07) is 0.641. The van der Waals surface area contributed by atoms with Gasteiger partial charge in [-0.3, -0.25) is 4.90 Å². The normalized spacial score (nSPS) is 32.2. The van der Waals surface area contributed by atoms with Gasteiger partial charge in [0.2, 0.25) is 0 Å². The molecule has 2 nitrogen and oxygen atoms in total. The van der Waals surface area contributed by atoms with E-state index in [1.165, 1.54) is 25.7 Å². The van der Waals surface area contributed by atoms with Gasteiger partial charge in [0.05, 0.1) is 0 Å². The molecule has 2 heteroatoms. The van der Waals surface area contributed by atoms with E-state index in [0.717, 1.165) is 6.54 Å². The summed E-state index contributed by atoms with van der Waals surface area (Å²) in [5, 5.41) is 0. The molecule has 90 valence electrons. The highest BCUT2D eigenvalue weighted by molar-refractivity contribution is 5.02. The lowest BCUT2D eigenvalue weighted by atomic mass is 9.86. The fraction of sp³-hybridized carbons (Fsp3) is 1.00. The Morgan fingerprint density at radius 3 is 2.27 bits per heavy atom. The zero-order valence-corrected chi connectivity index (χ0v) is 11.1. The first-order valence-electron chi connectivity index (χ1n) is 6.30. The lowest BCUT2D eigenvalue weighted by Crippen LogP contribution is -2.54. The Morgan fingerprint density at radius 1 is 1.33 bits per heavy atom. The quantitative estimate of drug-likeness (QED) is 0.776. The van der Waals surface area contributed by atoms with Crippen molar-refractivity contribution in [1.82, 2.24) is 4.90 Å². The molecule has 15 heavy (non-hydrogen) atoms. The van der Waals surface area contributed by atoms with Gasteiger partial charge in [0.25, 0.3) is 0 Å². The number of hydrogen-bond donors (Lipinski definition) is 1. The van der Waals surface area contributed by atoms with Crippen LogP contribution in [0, 0.1) is 5.41 Å². The molecule has 2 unspecified atom stereocenters. The molecule has 0 heterocycles. The maximum absolute atomic E-state index is 6.04. The fourth-order valence-electron chi connectivity index (χ4n) is 3.00. The molecule has 2 atom stereocenters. The van der Waals surface area contributed by atoms with Crippen molar-refractivity contribution < 1.29 is 0 Å². The second kappa shape index (κ2) is 4.42. The molecule has 0 aromatic rings. The van der Waals surface area contributed by atoms with Crippen molar-refractivity contribution in [3.05, 3.63) is 0 Å². The molecular formula is C13H28N2. The zero-order chi connectivity index (χ0) is 11.7. The van der Waals surface area contributed by atoms with Gasteiger partial charge in [0, 0.05) is 18.1 Å². The monoisotopic (exact) mass is 212 g/mol. The summed E-state index contributed by atoms with van der Waals surface area (Å²) in [5.74, 6) is 0. The van der Waals surface area contributed by atoms with Gasteiger partial charge in [-0.15, -0.1) is 0 Å². The third-order valence-corrected chi connectivity index (χ3v) is 4.45.